The summed E-state index contributed by atoms with van der Waals surface area (Å²) in [7, 11) is 1.59. The Labute approximate surface area is 174 Å². The average molecular weight is 406 g/mol. The summed E-state index contributed by atoms with van der Waals surface area (Å²) in [5.41, 5.74) is 3.98. The van der Waals surface area contributed by atoms with Crippen molar-refractivity contribution in [3.05, 3.63) is 65.0 Å². The van der Waals surface area contributed by atoms with Gasteiger partial charge in [-0.1, -0.05) is 17.3 Å². The number of carbonyl (C=O) groups excluding carboxylic acids is 2. The van der Waals surface area contributed by atoms with E-state index in [1.54, 1.807) is 19.2 Å². The van der Waals surface area contributed by atoms with E-state index in [1.807, 2.05) is 30.3 Å². The fourth-order valence-electron chi connectivity index (χ4n) is 3.49. The van der Waals surface area contributed by atoms with Crippen LogP contribution in [0, 0.1) is 0 Å². The zero-order valence-corrected chi connectivity index (χ0v) is 16.7. The maximum atomic E-state index is 12.4. The second-order valence-corrected chi connectivity index (χ2v) is 7.16. The highest BCUT2D eigenvalue weighted by Gasteiger charge is 2.16. The fourth-order valence-corrected chi connectivity index (χ4v) is 3.49. The van der Waals surface area contributed by atoms with Gasteiger partial charge in [-0.25, -0.2) is 0 Å². The average Bonchev–Trinajstić information content (AvgIpc) is 3.45. The van der Waals surface area contributed by atoms with Gasteiger partial charge in [-0.2, -0.15) is 4.98 Å². The summed E-state index contributed by atoms with van der Waals surface area (Å²) in [6.07, 6.45) is 3.34. The van der Waals surface area contributed by atoms with E-state index < -0.39 is 5.97 Å². The summed E-state index contributed by atoms with van der Waals surface area (Å²) in [6, 6.07) is 13.0. The third-order valence-electron chi connectivity index (χ3n) is 5.15. The lowest BCUT2D eigenvalue weighted by molar-refractivity contribution is -0.145. The summed E-state index contributed by atoms with van der Waals surface area (Å²) >= 11 is 0. The molecule has 154 valence electrons. The minimum atomic E-state index is -0.478. The Bertz CT molecular complexity index is 1060. The van der Waals surface area contributed by atoms with E-state index in [0.717, 1.165) is 30.6 Å². The van der Waals surface area contributed by atoms with Gasteiger partial charge >= 0.3 is 5.97 Å². The summed E-state index contributed by atoms with van der Waals surface area (Å²) in [6.45, 7) is -0.130. The fraction of sp³-hybridized carbons (Fsp3) is 0.304. The molecule has 4 rings (SSSR count). The molecule has 0 saturated carbocycles. The number of ketones is 1. The van der Waals surface area contributed by atoms with Gasteiger partial charge in [-0.15, -0.1) is 0 Å². The molecule has 1 heterocycles. The Morgan fingerprint density at radius 1 is 1.03 bits per heavy atom. The number of Topliss-reactive ketones (excluding diaryl/α,β-unsaturated/α-hetero) is 1. The highest BCUT2D eigenvalue weighted by atomic mass is 16.6. The van der Waals surface area contributed by atoms with E-state index in [-0.39, 0.29) is 31.1 Å². The standard InChI is InChI=1S/C23H22N2O5/c1-28-19-9-7-16(8-10-19)23-24-21(30-25-23)14-29-22(27)12-11-20(26)18-6-5-15-3-2-4-17(15)13-18/h5-10,13H,2-4,11-12,14H2,1H3. The Kier molecular flexibility index (Phi) is 5.88. The third kappa shape index (κ3) is 4.56. The molecule has 3 aromatic rings. The van der Waals surface area contributed by atoms with Crippen molar-refractivity contribution in [2.24, 2.45) is 0 Å². The molecular weight excluding hydrogens is 384 g/mol. The minimum absolute atomic E-state index is 0.00932. The number of nitrogens with zero attached hydrogens (tertiary/aromatic N) is 2. The number of aryl methyl sites for hydroxylation is 2. The molecule has 0 fully saturated rings. The minimum Gasteiger partial charge on any atom is -0.497 e. The molecule has 1 aromatic heterocycles. The monoisotopic (exact) mass is 406 g/mol. The normalized spacial score (nSPS) is 12.4. The number of rotatable bonds is 8. The van der Waals surface area contributed by atoms with Gasteiger partial charge in [0.25, 0.3) is 5.89 Å². The van der Waals surface area contributed by atoms with E-state index in [9.17, 15) is 9.59 Å². The Hall–Kier alpha value is -3.48. The molecule has 0 N–H and O–H groups in total. The molecule has 0 aliphatic heterocycles. The molecule has 0 unspecified atom stereocenters. The second kappa shape index (κ2) is 8.90. The first kappa shape index (κ1) is 19.8. The maximum absolute atomic E-state index is 12.4. The summed E-state index contributed by atoms with van der Waals surface area (Å²) in [5.74, 6) is 0.787. The van der Waals surface area contributed by atoms with Crippen molar-refractivity contribution in [2.75, 3.05) is 7.11 Å². The predicted octanol–water partition coefficient (Wildman–Crippen LogP) is 3.94. The molecule has 7 nitrogen and oxygen atoms in total. The van der Waals surface area contributed by atoms with Crippen LogP contribution < -0.4 is 4.74 Å². The molecule has 30 heavy (non-hydrogen) atoms. The van der Waals surface area contributed by atoms with Crippen LogP contribution in [0.4, 0.5) is 0 Å². The van der Waals surface area contributed by atoms with Crippen molar-refractivity contribution < 1.29 is 23.6 Å². The Morgan fingerprint density at radius 2 is 1.83 bits per heavy atom. The van der Waals surface area contributed by atoms with E-state index in [2.05, 4.69) is 10.1 Å². The Balaban J connectivity index is 1.26. The van der Waals surface area contributed by atoms with Crippen LogP contribution in [-0.2, 0) is 29.0 Å². The van der Waals surface area contributed by atoms with Crippen molar-refractivity contribution in [3.8, 4) is 17.1 Å². The van der Waals surface area contributed by atoms with Crippen molar-refractivity contribution >= 4 is 11.8 Å². The summed E-state index contributed by atoms with van der Waals surface area (Å²) < 4.78 is 15.4. The molecule has 0 bridgehead atoms. The molecule has 0 atom stereocenters. The number of carbonyl (C=O) groups is 2. The van der Waals surface area contributed by atoms with Gasteiger partial charge in [-0.05, 0) is 60.7 Å². The lowest BCUT2D eigenvalue weighted by Crippen LogP contribution is -2.08. The zero-order chi connectivity index (χ0) is 20.9. The Morgan fingerprint density at radius 3 is 2.63 bits per heavy atom. The predicted molar refractivity (Wildman–Crippen MR) is 108 cm³/mol. The van der Waals surface area contributed by atoms with Crippen LogP contribution >= 0.6 is 0 Å². The van der Waals surface area contributed by atoms with Gasteiger partial charge in [0.15, 0.2) is 12.4 Å². The van der Waals surface area contributed by atoms with Crippen molar-refractivity contribution in [3.63, 3.8) is 0 Å². The highest BCUT2D eigenvalue weighted by molar-refractivity contribution is 5.97. The number of hydrogen-bond donors (Lipinski definition) is 0. The molecule has 0 spiro atoms. The number of methoxy groups -OCH3 is 1. The van der Waals surface area contributed by atoms with Gasteiger partial charge in [0.2, 0.25) is 5.82 Å². The van der Waals surface area contributed by atoms with E-state index in [1.165, 1.54) is 11.1 Å². The van der Waals surface area contributed by atoms with Crippen LogP contribution in [0.25, 0.3) is 11.4 Å². The van der Waals surface area contributed by atoms with Gasteiger partial charge in [-0.3, -0.25) is 9.59 Å². The molecule has 7 heteroatoms. The number of aromatic nitrogens is 2. The van der Waals surface area contributed by atoms with Crippen molar-refractivity contribution in [1.82, 2.24) is 10.1 Å². The second-order valence-electron chi connectivity index (χ2n) is 7.16. The van der Waals surface area contributed by atoms with Crippen LogP contribution in [0.2, 0.25) is 0 Å². The summed E-state index contributed by atoms with van der Waals surface area (Å²) in [5, 5.41) is 3.89. The quantitative estimate of drug-likeness (QED) is 0.413. The number of esters is 1. The molecule has 0 radical (unpaired) electrons. The van der Waals surface area contributed by atoms with Gasteiger partial charge in [0, 0.05) is 17.5 Å². The van der Waals surface area contributed by atoms with Crippen LogP contribution in [0.5, 0.6) is 5.75 Å². The number of fused-ring (bicyclic) bond motifs is 1. The SMILES string of the molecule is COc1ccc(-c2noc(COC(=O)CCC(=O)c3ccc4c(c3)CCC4)n2)cc1. The van der Waals surface area contributed by atoms with Crippen LogP contribution in [0.15, 0.2) is 47.0 Å². The first-order valence-corrected chi connectivity index (χ1v) is 9.90. The molecular formula is C23H22N2O5. The lowest BCUT2D eigenvalue weighted by Gasteiger charge is -2.05. The smallest absolute Gasteiger partial charge is 0.306 e. The molecule has 0 amide bonds. The van der Waals surface area contributed by atoms with E-state index in [4.69, 9.17) is 14.0 Å². The van der Waals surface area contributed by atoms with E-state index in [0.29, 0.717) is 11.4 Å². The number of ether oxygens (including phenoxy) is 2. The first-order valence-electron chi connectivity index (χ1n) is 9.90. The maximum Gasteiger partial charge on any atom is 0.306 e. The first-order chi connectivity index (χ1) is 14.6. The van der Waals surface area contributed by atoms with Crippen molar-refractivity contribution in [2.45, 2.75) is 38.7 Å². The summed E-state index contributed by atoms with van der Waals surface area (Å²) in [4.78, 5) is 28.6. The molecule has 2 aromatic carbocycles. The van der Waals surface area contributed by atoms with Crippen molar-refractivity contribution in [1.29, 1.82) is 0 Å². The van der Waals surface area contributed by atoms with Gasteiger partial charge in [0.05, 0.1) is 13.5 Å². The zero-order valence-electron chi connectivity index (χ0n) is 16.7. The van der Waals surface area contributed by atoms with Gasteiger partial charge in [0.1, 0.15) is 5.75 Å². The molecule has 1 aliphatic carbocycles. The van der Waals surface area contributed by atoms with Crippen LogP contribution in [0.3, 0.4) is 0 Å². The van der Waals surface area contributed by atoms with Crippen LogP contribution in [0.1, 0.15) is 46.6 Å². The third-order valence-corrected chi connectivity index (χ3v) is 5.15. The number of benzene rings is 2. The van der Waals surface area contributed by atoms with Gasteiger partial charge < -0.3 is 14.0 Å². The molecule has 0 saturated heterocycles. The number of hydrogen-bond acceptors (Lipinski definition) is 7. The molecule has 1 aliphatic rings. The topological polar surface area (TPSA) is 91.5 Å². The highest BCUT2D eigenvalue weighted by Crippen LogP contribution is 2.24. The largest absolute Gasteiger partial charge is 0.497 e. The van der Waals surface area contributed by atoms with Crippen LogP contribution in [-0.4, -0.2) is 29.0 Å². The lowest BCUT2D eigenvalue weighted by atomic mass is 10.0. The van der Waals surface area contributed by atoms with E-state index >= 15 is 0 Å².